The highest BCUT2D eigenvalue weighted by atomic mass is 35.5. The smallest absolute Gasteiger partial charge is 0.209 e. The Bertz CT molecular complexity index is 775. The van der Waals surface area contributed by atoms with Crippen LogP contribution in [-0.4, -0.2) is 32.5 Å². The molecule has 0 spiro atoms. The first-order valence-corrected chi connectivity index (χ1v) is 8.99. The van der Waals surface area contributed by atoms with Crippen LogP contribution in [0.4, 0.5) is 0 Å². The van der Waals surface area contributed by atoms with Gasteiger partial charge in [0.1, 0.15) is 11.5 Å². The average molecular weight is 399 g/mol. The lowest BCUT2D eigenvalue weighted by atomic mass is 10.2. The van der Waals surface area contributed by atoms with Crippen LogP contribution in [0.5, 0.6) is 0 Å². The molecule has 0 amide bonds. The van der Waals surface area contributed by atoms with Gasteiger partial charge in [-0.3, -0.25) is 0 Å². The maximum absolute atomic E-state index is 5.90. The van der Waals surface area contributed by atoms with Crippen LogP contribution >= 0.6 is 23.4 Å². The number of hydrogen-bond acceptors (Lipinski definition) is 6. The lowest BCUT2D eigenvalue weighted by Gasteiger charge is -2.03. The van der Waals surface area contributed by atoms with Crippen molar-refractivity contribution in [2.24, 2.45) is 7.05 Å². The Hall–Kier alpha value is -1.54. The zero-order valence-electron chi connectivity index (χ0n) is 13.7. The number of nitrogens with one attached hydrogen (secondary N) is 1. The number of nitrogens with zero attached hydrogens (tertiary/aromatic N) is 4. The molecule has 1 aromatic carbocycles. The first kappa shape index (κ1) is 19.8. The van der Waals surface area contributed by atoms with Crippen molar-refractivity contribution in [3.05, 3.63) is 47.2 Å². The van der Waals surface area contributed by atoms with Crippen molar-refractivity contribution in [3.63, 3.8) is 0 Å². The van der Waals surface area contributed by atoms with Gasteiger partial charge in [0.05, 0.1) is 6.54 Å². The molecule has 9 heteroatoms. The van der Waals surface area contributed by atoms with Gasteiger partial charge in [-0.1, -0.05) is 23.4 Å². The third-order valence-corrected chi connectivity index (χ3v) is 4.75. The molecule has 0 aliphatic carbocycles. The molecule has 0 saturated heterocycles. The SMILES string of the molecule is Cn1nnnc1SCCCNCc1ccc(-c2ccc(Cl)cc2)o1.[Cl-]. The summed E-state index contributed by atoms with van der Waals surface area (Å²) in [5.74, 6) is 2.74. The number of benzene rings is 1. The molecule has 6 nitrogen and oxygen atoms in total. The maximum Gasteiger partial charge on any atom is 0.209 e. The van der Waals surface area contributed by atoms with Crippen LogP contribution in [0.15, 0.2) is 46.0 Å². The predicted octanol–water partition coefficient (Wildman–Crippen LogP) is 0.399. The summed E-state index contributed by atoms with van der Waals surface area (Å²) in [7, 11) is 1.84. The van der Waals surface area contributed by atoms with Gasteiger partial charge in [-0.2, -0.15) is 0 Å². The van der Waals surface area contributed by atoms with Crippen molar-refractivity contribution in [2.45, 2.75) is 18.1 Å². The molecule has 2 heterocycles. The van der Waals surface area contributed by atoms with Crippen molar-refractivity contribution in [2.75, 3.05) is 12.3 Å². The first-order chi connectivity index (χ1) is 11.7. The quantitative estimate of drug-likeness (QED) is 0.437. The summed E-state index contributed by atoms with van der Waals surface area (Å²) < 4.78 is 7.53. The van der Waals surface area contributed by atoms with E-state index in [9.17, 15) is 0 Å². The van der Waals surface area contributed by atoms with Crippen LogP contribution in [-0.2, 0) is 13.6 Å². The summed E-state index contributed by atoms with van der Waals surface area (Å²) in [5, 5.41) is 16.3. The Morgan fingerprint density at radius 2 is 2.00 bits per heavy atom. The van der Waals surface area contributed by atoms with Gasteiger partial charge >= 0.3 is 0 Å². The summed E-state index contributed by atoms with van der Waals surface area (Å²) in [4.78, 5) is 0. The molecule has 0 atom stereocenters. The number of tetrazole rings is 1. The van der Waals surface area contributed by atoms with E-state index in [0.29, 0.717) is 6.54 Å². The molecule has 2 aromatic heterocycles. The van der Waals surface area contributed by atoms with Crippen molar-refractivity contribution in [1.29, 1.82) is 0 Å². The molecule has 1 N–H and O–H groups in total. The molecule has 0 aliphatic heterocycles. The highest BCUT2D eigenvalue weighted by Crippen LogP contribution is 2.23. The minimum absolute atomic E-state index is 0. The zero-order valence-corrected chi connectivity index (χ0v) is 16.0. The number of aryl methyl sites for hydroxylation is 1. The number of aromatic nitrogens is 4. The monoisotopic (exact) mass is 398 g/mol. The standard InChI is InChI=1S/C16H18ClN5OS.ClH/c1-22-16(19-20-21-22)24-10-2-9-18-11-14-7-8-15(23-14)12-3-5-13(17)6-4-12;/h3-8,18H,2,9-11H2,1H3;1H/p-1. The summed E-state index contributed by atoms with van der Waals surface area (Å²) >= 11 is 7.56. The largest absolute Gasteiger partial charge is 1.00 e. The summed E-state index contributed by atoms with van der Waals surface area (Å²) in [6, 6.07) is 11.6. The van der Waals surface area contributed by atoms with Gasteiger partial charge in [-0.25, -0.2) is 4.68 Å². The number of thioether (sulfide) groups is 1. The van der Waals surface area contributed by atoms with E-state index in [2.05, 4.69) is 20.8 Å². The van der Waals surface area contributed by atoms with E-state index >= 15 is 0 Å². The van der Waals surface area contributed by atoms with Gasteiger partial charge in [0, 0.05) is 23.4 Å². The first-order valence-electron chi connectivity index (χ1n) is 7.63. The Morgan fingerprint density at radius 3 is 2.72 bits per heavy atom. The summed E-state index contributed by atoms with van der Waals surface area (Å²) in [6.45, 7) is 1.62. The minimum atomic E-state index is 0. The van der Waals surface area contributed by atoms with E-state index in [-0.39, 0.29) is 12.4 Å². The Balaban J connectivity index is 0.00000225. The van der Waals surface area contributed by atoms with Gasteiger partial charge in [-0.05, 0) is 59.8 Å². The fraction of sp³-hybridized carbons (Fsp3) is 0.312. The number of halogens is 2. The van der Waals surface area contributed by atoms with Crippen LogP contribution in [0, 0.1) is 0 Å². The lowest BCUT2D eigenvalue weighted by Crippen LogP contribution is -3.00. The third kappa shape index (κ3) is 5.74. The molecule has 0 radical (unpaired) electrons. The van der Waals surface area contributed by atoms with Crippen LogP contribution in [0.2, 0.25) is 5.02 Å². The molecule has 25 heavy (non-hydrogen) atoms. The van der Waals surface area contributed by atoms with E-state index in [0.717, 1.165) is 46.0 Å². The van der Waals surface area contributed by atoms with Crippen LogP contribution in [0.1, 0.15) is 12.2 Å². The number of furan rings is 1. The topological polar surface area (TPSA) is 68.8 Å². The van der Waals surface area contributed by atoms with Gasteiger partial charge < -0.3 is 22.1 Å². The highest BCUT2D eigenvalue weighted by molar-refractivity contribution is 7.99. The molecule has 0 saturated carbocycles. The Morgan fingerprint density at radius 1 is 1.20 bits per heavy atom. The highest BCUT2D eigenvalue weighted by Gasteiger charge is 2.05. The van der Waals surface area contributed by atoms with Gasteiger partial charge in [0.25, 0.3) is 0 Å². The Kier molecular flexibility index (Phi) is 7.77. The molecular weight excluding hydrogens is 381 g/mol. The van der Waals surface area contributed by atoms with E-state index in [1.807, 2.05) is 43.4 Å². The van der Waals surface area contributed by atoms with Gasteiger partial charge in [0.15, 0.2) is 0 Å². The molecule has 0 unspecified atom stereocenters. The normalized spacial score (nSPS) is 10.6. The van der Waals surface area contributed by atoms with Crippen molar-refractivity contribution in [1.82, 2.24) is 25.5 Å². The van der Waals surface area contributed by atoms with Crippen LogP contribution in [0.25, 0.3) is 11.3 Å². The van der Waals surface area contributed by atoms with Crippen LogP contribution in [0.3, 0.4) is 0 Å². The summed E-state index contributed by atoms with van der Waals surface area (Å²) in [5.41, 5.74) is 1.03. The van der Waals surface area contributed by atoms with E-state index in [1.54, 1.807) is 16.4 Å². The van der Waals surface area contributed by atoms with E-state index in [1.165, 1.54) is 0 Å². The second-order valence-electron chi connectivity index (χ2n) is 5.24. The Labute approximate surface area is 161 Å². The molecule has 0 aliphatic rings. The minimum Gasteiger partial charge on any atom is -1.00 e. The van der Waals surface area contributed by atoms with Crippen molar-refractivity contribution < 1.29 is 16.8 Å². The second kappa shape index (κ2) is 9.82. The molecule has 0 bridgehead atoms. The average Bonchev–Trinajstić information content (AvgIpc) is 3.21. The number of rotatable bonds is 8. The van der Waals surface area contributed by atoms with Crippen molar-refractivity contribution >= 4 is 23.4 Å². The fourth-order valence-corrected chi connectivity index (χ4v) is 3.07. The third-order valence-electron chi connectivity index (χ3n) is 3.40. The van der Waals surface area contributed by atoms with Gasteiger partial charge in [-0.15, -0.1) is 5.10 Å². The lowest BCUT2D eigenvalue weighted by molar-refractivity contribution is -0.00000555. The van der Waals surface area contributed by atoms with Crippen molar-refractivity contribution in [3.8, 4) is 11.3 Å². The predicted molar refractivity (Wildman–Crippen MR) is 95.0 cm³/mol. The maximum atomic E-state index is 5.90. The van der Waals surface area contributed by atoms with Gasteiger partial charge in [0.2, 0.25) is 5.16 Å². The second-order valence-corrected chi connectivity index (χ2v) is 6.74. The zero-order chi connectivity index (χ0) is 16.8. The molecule has 0 fully saturated rings. The summed E-state index contributed by atoms with van der Waals surface area (Å²) in [6.07, 6.45) is 1.03. The van der Waals surface area contributed by atoms with E-state index in [4.69, 9.17) is 16.0 Å². The fourth-order valence-electron chi connectivity index (χ4n) is 2.16. The molecule has 3 rings (SSSR count). The molecular formula is C16H18Cl2N5OS-. The molecule has 3 aromatic rings. The number of hydrogen-bond donors (Lipinski definition) is 1. The molecule has 134 valence electrons. The van der Waals surface area contributed by atoms with Crippen LogP contribution < -0.4 is 17.7 Å². The van der Waals surface area contributed by atoms with E-state index < -0.39 is 0 Å².